The van der Waals surface area contributed by atoms with Crippen molar-refractivity contribution in [3.8, 4) is 11.1 Å². The van der Waals surface area contributed by atoms with Crippen LogP contribution in [0.25, 0.3) is 11.1 Å². The van der Waals surface area contributed by atoms with Gasteiger partial charge < -0.3 is 15.8 Å². The highest BCUT2D eigenvalue weighted by molar-refractivity contribution is 5.95. The smallest absolute Gasteiger partial charge is 0.251 e. The quantitative estimate of drug-likeness (QED) is 0.866. The maximum Gasteiger partial charge on any atom is 0.251 e. The number of pyridine rings is 1. The van der Waals surface area contributed by atoms with Gasteiger partial charge in [-0.05, 0) is 36.2 Å². The molecule has 1 saturated heterocycles. The number of nitrogens with one attached hydrogen (secondary N) is 1. The fourth-order valence-corrected chi connectivity index (χ4v) is 2.84. The van der Waals surface area contributed by atoms with E-state index in [0.717, 1.165) is 49.5 Å². The number of amides is 1. The van der Waals surface area contributed by atoms with E-state index in [1.807, 2.05) is 37.3 Å². The molecular formula is C19H24N4O2. The van der Waals surface area contributed by atoms with Crippen LogP contribution in [-0.4, -0.2) is 55.2 Å². The molecule has 1 aliphatic rings. The molecule has 1 fully saturated rings. The van der Waals surface area contributed by atoms with E-state index >= 15 is 0 Å². The zero-order chi connectivity index (χ0) is 17.6. The molecule has 6 heteroatoms. The summed E-state index contributed by atoms with van der Waals surface area (Å²) in [5.41, 5.74) is 9.26. The Kier molecular flexibility index (Phi) is 5.63. The van der Waals surface area contributed by atoms with Crippen molar-refractivity contribution in [1.82, 2.24) is 15.2 Å². The number of rotatable bonds is 5. The summed E-state index contributed by atoms with van der Waals surface area (Å²) in [6, 6.07) is 9.55. The van der Waals surface area contributed by atoms with Crippen LogP contribution >= 0.6 is 0 Å². The van der Waals surface area contributed by atoms with Crippen LogP contribution < -0.4 is 11.1 Å². The first kappa shape index (κ1) is 17.4. The number of hydrogen-bond donors (Lipinski definition) is 2. The highest BCUT2D eigenvalue weighted by Crippen LogP contribution is 2.22. The number of morpholine rings is 1. The SMILES string of the molecule is Cc1cc(-c2cccc(C(=O)NCCN3CCOCC3)c2)cnc1N. The van der Waals surface area contributed by atoms with Gasteiger partial charge in [0.25, 0.3) is 5.91 Å². The van der Waals surface area contributed by atoms with E-state index in [9.17, 15) is 4.79 Å². The highest BCUT2D eigenvalue weighted by Gasteiger charge is 2.11. The topological polar surface area (TPSA) is 80.5 Å². The average Bonchev–Trinajstić information content (AvgIpc) is 2.65. The van der Waals surface area contributed by atoms with Crippen LogP contribution in [0.2, 0.25) is 0 Å². The van der Waals surface area contributed by atoms with E-state index in [0.29, 0.717) is 17.9 Å². The van der Waals surface area contributed by atoms with Gasteiger partial charge in [0.1, 0.15) is 5.82 Å². The van der Waals surface area contributed by atoms with Crippen LogP contribution in [0.3, 0.4) is 0 Å². The molecule has 0 unspecified atom stereocenters. The summed E-state index contributed by atoms with van der Waals surface area (Å²) in [6.45, 7) is 6.79. The van der Waals surface area contributed by atoms with Gasteiger partial charge in [0.15, 0.2) is 0 Å². The minimum atomic E-state index is -0.0600. The molecule has 0 bridgehead atoms. The number of nitrogen functional groups attached to an aromatic ring is 1. The minimum Gasteiger partial charge on any atom is -0.383 e. The molecule has 3 N–H and O–H groups in total. The number of aryl methyl sites for hydroxylation is 1. The summed E-state index contributed by atoms with van der Waals surface area (Å²) in [7, 11) is 0. The zero-order valence-electron chi connectivity index (χ0n) is 14.5. The largest absolute Gasteiger partial charge is 0.383 e. The van der Waals surface area contributed by atoms with Gasteiger partial charge in [0, 0.05) is 43.5 Å². The molecule has 3 rings (SSSR count). The Bertz CT molecular complexity index is 742. The van der Waals surface area contributed by atoms with Gasteiger partial charge in [-0.3, -0.25) is 9.69 Å². The van der Waals surface area contributed by atoms with E-state index in [1.165, 1.54) is 0 Å². The van der Waals surface area contributed by atoms with Crippen molar-refractivity contribution < 1.29 is 9.53 Å². The number of ether oxygens (including phenoxy) is 1. The lowest BCUT2D eigenvalue weighted by atomic mass is 10.0. The van der Waals surface area contributed by atoms with Crippen molar-refractivity contribution in [1.29, 1.82) is 0 Å². The molecule has 25 heavy (non-hydrogen) atoms. The molecule has 0 atom stereocenters. The van der Waals surface area contributed by atoms with Gasteiger partial charge in [-0.25, -0.2) is 4.98 Å². The van der Waals surface area contributed by atoms with E-state index in [-0.39, 0.29) is 5.91 Å². The number of nitrogens with zero attached hydrogens (tertiary/aromatic N) is 2. The number of anilines is 1. The van der Waals surface area contributed by atoms with Gasteiger partial charge in [0.05, 0.1) is 13.2 Å². The summed E-state index contributed by atoms with van der Waals surface area (Å²) < 4.78 is 5.33. The predicted octanol–water partition coefficient (Wildman–Crippen LogP) is 1.70. The Morgan fingerprint density at radius 2 is 2.08 bits per heavy atom. The average molecular weight is 340 g/mol. The van der Waals surface area contributed by atoms with Gasteiger partial charge in [-0.1, -0.05) is 12.1 Å². The number of benzene rings is 1. The Balaban J connectivity index is 1.62. The van der Waals surface area contributed by atoms with Gasteiger partial charge in [0.2, 0.25) is 0 Å². The second-order valence-electron chi connectivity index (χ2n) is 6.22. The van der Waals surface area contributed by atoms with Crippen LogP contribution in [0.1, 0.15) is 15.9 Å². The van der Waals surface area contributed by atoms with Crippen molar-refractivity contribution in [2.75, 3.05) is 45.1 Å². The molecule has 1 aromatic heterocycles. The fraction of sp³-hybridized carbons (Fsp3) is 0.368. The molecule has 0 aliphatic carbocycles. The monoisotopic (exact) mass is 340 g/mol. The molecule has 132 valence electrons. The van der Waals surface area contributed by atoms with Crippen LogP contribution in [0.5, 0.6) is 0 Å². The molecular weight excluding hydrogens is 316 g/mol. The third-order valence-corrected chi connectivity index (χ3v) is 4.39. The molecule has 6 nitrogen and oxygen atoms in total. The summed E-state index contributed by atoms with van der Waals surface area (Å²) in [5, 5.41) is 2.99. The Morgan fingerprint density at radius 1 is 1.28 bits per heavy atom. The summed E-state index contributed by atoms with van der Waals surface area (Å²) in [4.78, 5) is 18.9. The molecule has 2 heterocycles. The number of carbonyl (C=O) groups is 1. The standard InChI is InChI=1S/C19H24N4O2/c1-14-11-17(13-22-18(14)20)15-3-2-4-16(12-15)19(24)21-5-6-23-7-9-25-10-8-23/h2-4,11-13H,5-10H2,1H3,(H2,20,22)(H,21,24). The molecule has 1 aliphatic heterocycles. The van der Waals surface area contributed by atoms with E-state index in [1.54, 1.807) is 6.20 Å². The predicted molar refractivity (Wildman–Crippen MR) is 98.4 cm³/mol. The van der Waals surface area contributed by atoms with E-state index in [2.05, 4.69) is 15.2 Å². The first-order valence-electron chi connectivity index (χ1n) is 8.54. The van der Waals surface area contributed by atoms with Crippen LogP contribution in [0.15, 0.2) is 36.5 Å². The van der Waals surface area contributed by atoms with E-state index in [4.69, 9.17) is 10.5 Å². The fourth-order valence-electron chi connectivity index (χ4n) is 2.84. The molecule has 2 aromatic rings. The lowest BCUT2D eigenvalue weighted by molar-refractivity contribution is 0.0383. The van der Waals surface area contributed by atoms with Crippen molar-refractivity contribution >= 4 is 11.7 Å². The van der Waals surface area contributed by atoms with Crippen molar-refractivity contribution in [3.05, 3.63) is 47.7 Å². The van der Waals surface area contributed by atoms with Gasteiger partial charge in [-0.2, -0.15) is 0 Å². The highest BCUT2D eigenvalue weighted by atomic mass is 16.5. The summed E-state index contributed by atoms with van der Waals surface area (Å²) >= 11 is 0. The maximum absolute atomic E-state index is 12.4. The molecule has 0 spiro atoms. The van der Waals surface area contributed by atoms with Crippen LogP contribution in [-0.2, 0) is 4.74 Å². The van der Waals surface area contributed by atoms with Gasteiger partial charge in [-0.15, -0.1) is 0 Å². The third kappa shape index (κ3) is 4.55. The molecule has 1 aromatic carbocycles. The van der Waals surface area contributed by atoms with E-state index < -0.39 is 0 Å². The number of carbonyl (C=O) groups excluding carboxylic acids is 1. The molecule has 0 radical (unpaired) electrons. The van der Waals surface area contributed by atoms with Crippen LogP contribution in [0.4, 0.5) is 5.82 Å². The maximum atomic E-state index is 12.4. The van der Waals surface area contributed by atoms with Crippen molar-refractivity contribution in [3.63, 3.8) is 0 Å². The molecule has 1 amide bonds. The second kappa shape index (κ2) is 8.09. The van der Waals surface area contributed by atoms with Gasteiger partial charge >= 0.3 is 0 Å². The normalized spacial score (nSPS) is 15.1. The number of hydrogen-bond acceptors (Lipinski definition) is 5. The van der Waals surface area contributed by atoms with Crippen molar-refractivity contribution in [2.24, 2.45) is 0 Å². The zero-order valence-corrected chi connectivity index (χ0v) is 14.5. The Labute approximate surface area is 148 Å². The lowest BCUT2D eigenvalue weighted by Crippen LogP contribution is -2.41. The lowest BCUT2D eigenvalue weighted by Gasteiger charge is -2.26. The van der Waals surface area contributed by atoms with Crippen molar-refractivity contribution in [2.45, 2.75) is 6.92 Å². The minimum absolute atomic E-state index is 0.0600. The summed E-state index contributed by atoms with van der Waals surface area (Å²) in [5.74, 6) is 0.469. The summed E-state index contributed by atoms with van der Waals surface area (Å²) in [6.07, 6.45) is 1.73. The Morgan fingerprint density at radius 3 is 2.84 bits per heavy atom. The third-order valence-electron chi connectivity index (χ3n) is 4.39. The number of aromatic nitrogens is 1. The first-order chi connectivity index (χ1) is 12.1. The second-order valence-corrected chi connectivity index (χ2v) is 6.22. The Hall–Kier alpha value is -2.44. The first-order valence-corrected chi connectivity index (χ1v) is 8.54. The molecule has 0 saturated carbocycles. The number of nitrogens with two attached hydrogens (primary N) is 1. The van der Waals surface area contributed by atoms with Crippen LogP contribution in [0, 0.1) is 6.92 Å².